The van der Waals surface area contributed by atoms with E-state index in [-0.39, 0.29) is 10.7 Å². The molecule has 2 aromatic rings. The van der Waals surface area contributed by atoms with E-state index >= 15 is 0 Å². The highest BCUT2D eigenvalue weighted by atomic mass is 35.5. The second-order valence-corrected chi connectivity index (χ2v) is 4.97. The molecule has 5 nitrogen and oxygen atoms in total. The Labute approximate surface area is 136 Å². The number of halogens is 2. The minimum Gasteiger partial charge on any atom is -0.462 e. The van der Waals surface area contributed by atoms with E-state index in [0.29, 0.717) is 11.5 Å². The fourth-order valence-electron chi connectivity index (χ4n) is 1.66. The quantitative estimate of drug-likeness (QED) is 0.669. The van der Waals surface area contributed by atoms with Crippen molar-refractivity contribution >= 4 is 35.2 Å². The highest BCUT2D eigenvalue weighted by Crippen LogP contribution is 2.22. The molecule has 0 bridgehead atoms. The molecule has 1 heterocycles. The van der Waals surface area contributed by atoms with Gasteiger partial charge in [-0.3, -0.25) is 4.79 Å². The van der Waals surface area contributed by atoms with E-state index in [9.17, 15) is 14.0 Å². The van der Waals surface area contributed by atoms with Crippen LogP contribution in [0, 0.1) is 12.7 Å². The Morgan fingerprint density at radius 3 is 2.78 bits per heavy atom. The molecule has 0 saturated carbocycles. The first-order valence-corrected chi connectivity index (χ1v) is 6.98. The van der Waals surface area contributed by atoms with Crippen LogP contribution in [0.5, 0.6) is 0 Å². The van der Waals surface area contributed by atoms with Crippen LogP contribution >= 0.6 is 11.6 Å². The zero-order valence-electron chi connectivity index (χ0n) is 12.1. The van der Waals surface area contributed by atoms with Crippen molar-refractivity contribution in [2.75, 3.05) is 11.9 Å². The zero-order chi connectivity index (χ0) is 16.8. The smallest absolute Gasteiger partial charge is 0.331 e. The van der Waals surface area contributed by atoms with Crippen LogP contribution in [0.3, 0.4) is 0 Å². The van der Waals surface area contributed by atoms with E-state index in [1.165, 1.54) is 12.1 Å². The topological polar surface area (TPSA) is 68.5 Å². The van der Waals surface area contributed by atoms with E-state index in [0.717, 1.165) is 18.2 Å². The number of aryl methyl sites for hydroxylation is 1. The van der Waals surface area contributed by atoms with Gasteiger partial charge in [0.25, 0.3) is 5.91 Å². The van der Waals surface area contributed by atoms with E-state index in [2.05, 4.69) is 5.32 Å². The number of carbonyl (C=O) groups is 2. The number of rotatable bonds is 5. The Kier molecular flexibility index (Phi) is 5.54. The van der Waals surface area contributed by atoms with Gasteiger partial charge in [0.15, 0.2) is 6.61 Å². The number of benzene rings is 1. The lowest BCUT2D eigenvalue weighted by atomic mass is 10.3. The van der Waals surface area contributed by atoms with Crippen molar-refractivity contribution < 1.29 is 23.1 Å². The van der Waals surface area contributed by atoms with Crippen molar-refractivity contribution in [3.8, 4) is 0 Å². The monoisotopic (exact) mass is 337 g/mol. The van der Waals surface area contributed by atoms with Crippen LogP contribution in [-0.4, -0.2) is 18.5 Å². The first-order valence-electron chi connectivity index (χ1n) is 6.60. The third kappa shape index (κ3) is 5.27. The summed E-state index contributed by atoms with van der Waals surface area (Å²) in [6.07, 6.45) is 2.58. The highest BCUT2D eigenvalue weighted by Gasteiger charge is 2.09. The van der Waals surface area contributed by atoms with Gasteiger partial charge in [0.05, 0.1) is 10.7 Å². The summed E-state index contributed by atoms with van der Waals surface area (Å²) < 4.78 is 22.9. The first kappa shape index (κ1) is 16.8. The average Bonchev–Trinajstić information content (AvgIpc) is 2.91. The summed E-state index contributed by atoms with van der Waals surface area (Å²) >= 11 is 5.77. The summed E-state index contributed by atoms with van der Waals surface area (Å²) in [5, 5.41) is 2.47. The molecule has 7 heteroatoms. The summed E-state index contributed by atoms with van der Waals surface area (Å²) in [7, 11) is 0. The number of amides is 1. The summed E-state index contributed by atoms with van der Waals surface area (Å²) in [6, 6.07) is 6.99. The van der Waals surface area contributed by atoms with Gasteiger partial charge in [-0.25, -0.2) is 9.18 Å². The molecule has 0 fully saturated rings. The van der Waals surface area contributed by atoms with Gasteiger partial charge >= 0.3 is 5.97 Å². The highest BCUT2D eigenvalue weighted by molar-refractivity contribution is 6.33. The Morgan fingerprint density at radius 2 is 2.13 bits per heavy atom. The Hall–Kier alpha value is -2.60. The fraction of sp³-hybridized carbons (Fsp3) is 0.125. The van der Waals surface area contributed by atoms with Gasteiger partial charge in [0, 0.05) is 6.08 Å². The van der Waals surface area contributed by atoms with E-state index in [4.69, 9.17) is 20.8 Å². The molecule has 1 N–H and O–H groups in total. The van der Waals surface area contributed by atoms with Crippen molar-refractivity contribution in [3.05, 3.63) is 58.8 Å². The summed E-state index contributed by atoms with van der Waals surface area (Å²) in [4.78, 5) is 23.1. The average molecular weight is 338 g/mol. The van der Waals surface area contributed by atoms with Gasteiger partial charge in [-0.2, -0.15) is 0 Å². The Balaban J connectivity index is 1.81. The van der Waals surface area contributed by atoms with Crippen molar-refractivity contribution in [1.29, 1.82) is 0 Å². The maximum atomic E-state index is 12.9. The molecule has 0 spiro atoms. The van der Waals surface area contributed by atoms with Crippen LogP contribution in [0.2, 0.25) is 5.02 Å². The summed E-state index contributed by atoms with van der Waals surface area (Å²) in [5.41, 5.74) is 0.232. The molecule has 0 aliphatic carbocycles. The molecule has 2 rings (SSSR count). The number of nitrogens with one attached hydrogen (secondary N) is 1. The minimum absolute atomic E-state index is 0.0535. The second kappa shape index (κ2) is 7.60. The molecular weight excluding hydrogens is 325 g/mol. The number of furan rings is 1. The van der Waals surface area contributed by atoms with Crippen molar-refractivity contribution in [2.45, 2.75) is 6.92 Å². The van der Waals surface area contributed by atoms with Crippen LogP contribution in [0.15, 0.2) is 40.8 Å². The van der Waals surface area contributed by atoms with Gasteiger partial charge in [-0.1, -0.05) is 11.6 Å². The standard InChI is InChI=1S/C16H13ClFNO4/c1-10-2-4-12(23-10)5-7-16(21)22-9-15(20)19-14-6-3-11(18)8-13(14)17/h2-8H,9H2,1H3,(H,19,20)/b7-5+. The van der Waals surface area contributed by atoms with Gasteiger partial charge < -0.3 is 14.5 Å². The predicted octanol–water partition coefficient (Wildman–Crippen LogP) is 3.58. The molecule has 1 amide bonds. The molecule has 0 radical (unpaired) electrons. The van der Waals surface area contributed by atoms with Crippen molar-refractivity contribution in [1.82, 2.24) is 0 Å². The van der Waals surface area contributed by atoms with Gasteiger partial charge in [0.1, 0.15) is 17.3 Å². The fourth-order valence-corrected chi connectivity index (χ4v) is 1.87. The Bertz CT molecular complexity index is 754. The first-order chi connectivity index (χ1) is 10.9. The maximum Gasteiger partial charge on any atom is 0.331 e. The van der Waals surface area contributed by atoms with Gasteiger partial charge in [-0.05, 0) is 43.3 Å². The lowest BCUT2D eigenvalue weighted by molar-refractivity contribution is -0.142. The number of carbonyl (C=O) groups excluding carboxylic acids is 2. The lowest BCUT2D eigenvalue weighted by Gasteiger charge is -2.07. The van der Waals surface area contributed by atoms with E-state index in [1.54, 1.807) is 19.1 Å². The third-order valence-electron chi connectivity index (χ3n) is 2.70. The molecule has 23 heavy (non-hydrogen) atoms. The molecule has 1 aromatic heterocycles. The van der Waals surface area contributed by atoms with E-state index < -0.39 is 24.3 Å². The van der Waals surface area contributed by atoms with Crippen LogP contribution < -0.4 is 5.32 Å². The van der Waals surface area contributed by atoms with Crippen LogP contribution in [0.4, 0.5) is 10.1 Å². The van der Waals surface area contributed by atoms with E-state index in [1.807, 2.05) is 0 Å². The molecular formula is C16H13ClFNO4. The van der Waals surface area contributed by atoms with Gasteiger partial charge in [0.2, 0.25) is 0 Å². The molecule has 0 aliphatic heterocycles. The Morgan fingerprint density at radius 1 is 1.35 bits per heavy atom. The number of ether oxygens (including phenoxy) is 1. The van der Waals surface area contributed by atoms with Crippen LogP contribution in [-0.2, 0) is 14.3 Å². The van der Waals surface area contributed by atoms with Crippen LogP contribution in [0.25, 0.3) is 6.08 Å². The van der Waals surface area contributed by atoms with Gasteiger partial charge in [-0.15, -0.1) is 0 Å². The van der Waals surface area contributed by atoms with Crippen LogP contribution in [0.1, 0.15) is 11.5 Å². The normalized spacial score (nSPS) is 10.7. The number of hydrogen-bond donors (Lipinski definition) is 1. The number of anilines is 1. The zero-order valence-corrected chi connectivity index (χ0v) is 12.9. The van der Waals surface area contributed by atoms with Crippen molar-refractivity contribution in [3.63, 3.8) is 0 Å². The van der Waals surface area contributed by atoms with Crippen molar-refractivity contribution in [2.24, 2.45) is 0 Å². The SMILES string of the molecule is Cc1ccc(/C=C/C(=O)OCC(=O)Nc2ccc(F)cc2Cl)o1. The molecule has 0 atom stereocenters. The summed E-state index contributed by atoms with van der Waals surface area (Å²) in [6.45, 7) is 1.29. The number of hydrogen-bond acceptors (Lipinski definition) is 4. The predicted molar refractivity (Wildman–Crippen MR) is 83.5 cm³/mol. The minimum atomic E-state index is -0.695. The molecule has 120 valence electrons. The molecule has 0 unspecified atom stereocenters. The third-order valence-corrected chi connectivity index (χ3v) is 3.01. The second-order valence-electron chi connectivity index (χ2n) is 4.56. The molecule has 1 aromatic carbocycles. The summed E-state index contributed by atoms with van der Waals surface area (Å²) in [5.74, 6) is -0.582. The molecule has 0 aliphatic rings. The maximum absolute atomic E-state index is 12.9. The lowest BCUT2D eigenvalue weighted by Crippen LogP contribution is -2.20. The molecule has 0 saturated heterocycles. The number of esters is 1. The largest absolute Gasteiger partial charge is 0.462 e.